The van der Waals surface area contributed by atoms with Crippen LogP contribution in [0.5, 0.6) is 0 Å². The summed E-state index contributed by atoms with van der Waals surface area (Å²) >= 11 is 0. The van der Waals surface area contributed by atoms with E-state index in [0.717, 1.165) is 34.6 Å². The molecule has 0 rings (SSSR count). The molecule has 0 aliphatic rings. The fourth-order valence-corrected chi connectivity index (χ4v) is 0. The molecule has 0 unspecified atom stereocenters. The monoisotopic (exact) mass is 390 g/mol. The van der Waals surface area contributed by atoms with Gasteiger partial charge >= 0.3 is 0 Å². The van der Waals surface area contributed by atoms with Crippen LogP contribution in [0.2, 0.25) is 0 Å². The van der Waals surface area contributed by atoms with Gasteiger partial charge in [-0.2, -0.15) is 0 Å². The lowest BCUT2D eigenvalue weighted by Gasteiger charge is -1.59. The summed E-state index contributed by atoms with van der Waals surface area (Å²) in [5.41, 5.74) is 0. The molecule has 0 amide bonds. The normalized spacial score (nSPS) is 5.12. The quantitative estimate of drug-likeness (QED) is 0.294. The van der Waals surface area contributed by atoms with Crippen molar-refractivity contribution in [3.05, 3.63) is 26.3 Å². The molecular formula is C14H34N2O10. The molecule has 0 bridgehead atoms. The maximum absolute atomic E-state index is 9.00. The molecule has 0 fully saturated rings. The van der Waals surface area contributed by atoms with Crippen molar-refractivity contribution in [3.63, 3.8) is 0 Å². The fraction of sp³-hybridized carbons (Fsp3) is 0.357. The van der Waals surface area contributed by atoms with Crippen molar-refractivity contribution in [2.24, 2.45) is 0 Å². The number of carboxylic acid groups (broad SMARTS) is 5. The number of carbonyl (C=O) groups is 5. The molecule has 0 saturated carbocycles. The van der Waals surface area contributed by atoms with E-state index < -0.39 is 29.8 Å². The van der Waals surface area contributed by atoms with Gasteiger partial charge in [0, 0.05) is 34.6 Å². The number of aliphatic carboxylic acids is 5. The summed E-state index contributed by atoms with van der Waals surface area (Å²) in [7, 11) is 0. The maximum atomic E-state index is 9.00. The third-order valence-electron chi connectivity index (χ3n) is 0. The highest BCUT2D eigenvalue weighted by atomic mass is 16.4. The minimum atomic E-state index is -0.833. The predicted octanol–water partition coefficient (Wildman–Crippen LogP) is 2.38. The third-order valence-corrected chi connectivity index (χ3v) is 0. The van der Waals surface area contributed by atoms with Crippen LogP contribution in [0.25, 0.3) is 0 Å². The van der Waals surface area contributed by atoms with Crippen molar-refractivity contribution < 1.29 is 49.5 Å². The van der Waals surface area contributed by atoms with Crippen LogP contribution in [-0.2, 0) is 24.0 Å². The SMILES string of the molecule is C=C.C=C.CC(=O)O.CC(=O)O.CC(=O)O.CC(=O)O.CC(=O)O.N.N. The Morgan fingerprint density at radius 1 is 0.423 bits per heavy atom. The van der Waals surface area contributed by atoms with Crippen LogP contribution >= 0.6 is 0 Å². The van der Waals surface area contributed by atoms with E-state index in [1.807, 2.05) is 0 Å². The number of hydrogen-bond donors (Lipinski definition) is 7. The van der Waals surface area contributed by atoms with Gasteiger partial charge in [-0.3, -0.25) is 24.0 Å². The fourth-order valence-electron chi connectivity index (χ4n) is 0. The van der Waals surface area contributed by atoms with Gasteiger partial charge in [-0.15, -0.1) is 26.3 Å². The first kappa shape index (κ1) is 56.9. The first-order valence-electron chi connectivity index (χ1n) is 5.64. The van der Waals surface area contributed by atoms with E-state index in [4.69, 9.17) is 49.5 Å². The Hall–Kier alpha value is -3.25. The summed E-state index contributed by atoms with van der Waals surface area (Å²) in [4.78, 5) is 45.0. The average Bonchev–Trinajstić information content (AvgIpc) is 2.29. The van der Waals surface area contributed by atoms with Crippen molar-refractivity contribution in [2.75, 3.05) is 0 Å². The largest absolute Gasteiger partial charge is 0.481 e. The summed E-state index contributed by atoms with van der Waals surface area (Å²) in [6.07, 6.45) is 0. The molecule has 0 aliphatic carbocycles. The molecule has 11 N–H and O–H groups in total. The highest BCUT2D eigenvalue weighted by Crippen LogP contribution is 1.43. The van der Waals surface area contributed by atoms with Gasteiger partial charge in [0.25, 0.3) is 29.8 Å². The highest BCUT2D eigenvalue weighted by Gasteiger charge is 1.66. The zero-order valence-corrected chi connectivity index (χ0v) is 16.0. The Morgan fingerprint density at radius 2 is 0.423 bits per heavy atom. The minimum Gasteiger partial charge on any atom is -0.481 e. The average molecular weight is 390 g/mol. The molecule has 0 aromatic heterocycles. The lowest BCUT2D eigenvalue weighted by Crippen LogP contribution is -1.78. The second-order valence-corrected chi connectivity index (χ2v) is 2.60. The van der Waals surface area contributed by atoms with Crippen molar-refractivity contribution in [1.82, 2.24) is 12.3 Å². The summed E-state index contributed by atoms with van der Waals surface area (Å²) in [5.74, 6) is -4.17. The molecule has 12 nitrogen and oxygen atoms in total. The van der Waals surface area contributed by atoms with E-state index >= 15 is 0 Å². The Labute approximate surface area is 153 Å². The maximum Gasteiger partial charge on any atom is 0.300 e. The van der Waals surface area contributed by atoms with Gasteiger partial charge in [0.1, 0.15) is 0 Å². The van der Waals surface area contributed by atoms with Gasteiger partial charge in [-0.25, -0.2) is 0 Å². The second kappa shape index (κ2) is 67.8. The Kier molecular flexibility index (Phi) is 149. The van der Waals surface area contributed by atoms with Crippen LogP contribution in [0.4, 0.5) is 0 Å². The molecule has 0 atom stereocenters. The third kappa shape index (κ3) is 766. The van der Waals surface area contributed by atoms with E-state index in [-0.39, 0.29) is 12.3 Å². The molecule has 26 heavy (non-hydrogen) atoms. The lowest BCUT2D eigenvalue weighted by atomic mass is 10.9. The number of rotatable bonds is 0. The molecule has 12 heteroatoms. The van der Waals surface area contributed by atoms with Gasteiger partial charge in [0.15, 0.2) is 0 Å². The van der Waals surface area contributed by atoms with Gasteiger partial charge in [-0.1, -0.05) is 0 Å². The van der Waals surface area contributed by atoms with E-state index in [2.05, 4.69) is 26.3 Å². The lowest BCUT2D eigenvalue weighted by molar-refractivity contribution is -0.135. The molecule has 0 saturated heterocycles. The zero-order valence-electron chi connectivity index (χ0n) is 16.0. The van der Waals surface area contributed by atoms with Crippen LogP contribution in [0.1, 0.15) is 34.6 Å². The molecule has 0 radical (unpaired) electrons. The molecular weight excluding hydrogens is 356 g/mol. The second-order valence-electron chi connectivity index (χ2n) is 2.60. The minimum absolute atomic E-state index is 0. The van der Waals surface area contributed by atoms with E-state index in [1.54, 1.807) is 0 Å². The molecule has 0 aromatic rings. The van der Waals surface area contributed by atoms with Crippen LogP contribution in [0.3, 0.4) is 0 Å². The number of carboxylic acids is 5. The van der Waals surface area contributed by atoms with Crippen LogP contribution in [0, 0.1) is 0 Å². The molecule has 160 valence electrons. The van der Waals surface area contributed by atoms with Gasteiger partial charge < -0.3 is 37.8 Å². The zero-order chi connectivity index (χ0) is 21.9. The smallest absolute Gasteiger partial charge is 0.300 e. The predicted molar refractivity (Wildman–Crippen MR) is 99.1 cm³/mol. The first-order valence-corrected chi connectivity index (χ1v) is 5.64. The summed E-state index contributed by atoms with van der Waals surface area (Å²) in [6, 6.07) is 0. The summed E-state index contributed by atoms with van der Waals surface area (Å²) < 4.78 is 0. The van der Waals surface area contributed by atoms with E-state index in [0.29, 0.717) is 0 Å². The Morgan fingerprint density at radius 3 is 0.423 bits per heavy atom. The summed E-state index contributed by atoms with van der Waals surface area (Å²) in [5, 5.41) is 37.1. The highest BCUT2D eigenvalue weighted by molar-refractivity contribution is 5.63. The Balaban J connectivity index is -0.0000000186. The van der Waals surface area contributed by atoms with Crippen LogP contribution in [-0.4, -0.2) is 55.4 Å². The van der Waals surface area contributed by atoms with E-state index in [1.165, 1.54) is 0 Å². The van der Waals surface area contributed by atoms with Gasteiger partial charge in [0.2, 0.25) is 0 Å². The van der Waals surface area contributed by atoms with Crippen molar-refractivity contribution in [3.8, 4) is 0 Å². The van der Waals surface area contributed by atoms with E-state index in [9.17, 15) is 0 Å². The van der Waals surface area contributed by atoms with Crippen LogP contribution in [0.15, 0.2) is 26.3 Å². The Bertz CT molecular complexity index is 242. The number of hydrogen-bond acceptors (Lipinski definition) is 7. The first-order chi connectivity index (χ1) is 10.7. The van der Waals surface area contributed by atoms with Crippen molar-refractivity contribution >= 4 is 29.8 Å². The molecule has 0 aliphatic heterocycles. The van der Waals surface area contributed by atoms with Crippen molar-refractivity contribution in [1.29, 1.82) is 0 Å². The molecule has 0 spiro atoms. The molecule has 0 heterocycles. The van der Waals surface area contributed by atoms with Crippen molar-refractivity contribution in [2.45, 2.75) is 34.6 Å². The van der Waals surface area contributed by atoms with Gasteiger partial charge in [0.05, 0.1) is 0 Å². The molecule has 0 aromatic carbocycles. The standard InChI is InChI=1S/5C2H4O2.2C2H4.2H3N/c5*1-2(3)4;2*1-2;;/h5*1H3,(H,3,4);2*1-2H2;2*1H3. The summed E-state index contributed by atoms with van der Waals surface area (Å²) in [6.45, 7) is 17.4. The van der Waals surface area contributed by atoms with Gasteiger partial charge in [-0.05, 0) is 0 Å². The van der Waals surface area contributed by atoms with Crippen LogP contribution < -0.4 is 12.3 Å². The topological polar surface area (TPSA) is 256 Å².